The lowest BCUT2D eigenvalue weighted by atomic mass is 10.1. The fourth-order valence-corrected chi connectivity index (χ4v) is 4.32. The largest absolute Gasteiger partial charge is 0.326 e. The minimum Gasteiger partial charge on any atom is -0.326 e. The number of hydrogen-bond donors (Lipinski definition) is 0. The van der Waals surface area contributed by atoms with Gasteiger partial charge in [0.1, 0.15) is 18.5 Å². The van der Waals surface area contributed by atoms with Crippen LogP contribution in [0.5, 0.6) is 0 Å². The van der Waals surface area contributed by atoms with Crippen LogP contribution in [-0.2, 0) is 17.9 Å². The molecule has 0 N–H and O–H groups in total. The van der Waals surface area contributed by atoms with Crippen molar-refractivity contribution < 1.29 is 4.79 Å². The van der Waals surface area contributed by atoms with Gasteiger partial charge in [-0.25, -0.2) is 9.98 Å². The van der Waals surface area contributed by atoms with Crippen LogP contribution in [0.4, 0.5) is 22.7 Å². The lowest BCUT2D eigenvalue weighted by molar-refractivity contribution is -0.0979. The van der Waals surface area contributed by atoms with Crippen molar-refractivity contribution in [1.82, 2.24) is 0 Å². The van der Waals surface area contributed by atoms with E-state index in [1.54, 1.807) is 0 Å². The van der Waals surface area contributed by atoms with Gasteiger partial charge in [0, 0.05) is 11.4 Å². The fourth-order valence-electron chi connectivity index (χ4n) is 4.32. The highest BCUT2D eigenvalue weighted by Crippen LogP contribution is 2.30. The average Bonchev–Trinajstić information content (AvgIpc) is 2.95. The van der Waals surface area contributed by atoms with E-state index in [0.717, 1.165) is 36.1 Å². The monoisotopic (exact) mass is 474 g/mol. The van der Waals surface area contributed by atoms with E-state index in [4.69, 9.17) is 4.79 Å². The summed E-state index contributed by atoms with van der Waals surface area (Å²) in [6.07, 6.45) is 0. The molecule has 180 valence electrons. The molecular weight excluding hydrogens is 444 g/mol. The highest BCUT2D eigenvalue weighted by Gasteiger charge is 2.18. The molecule has 0 fully saturated rings. The highest BCUT2D eigenvalue weighted by molar-refractivity contribution is 6.00. The molecule has 0 saturated carbocycles. The van der Waals surface area contributed by atoms with Crippen LogP contribution in [0.25, 0.3) is 0 Å². The van der Waals surface area contributed by atoms with Crippen molar-refractivity contribution in [3.63, 3.8) is 0 Å². The predicted octanol–water partition coefficient (Wildman–Crippen LogP) is 7.33. The quantitative estimate of drug-likeness (QED) is 0.306. The van der Waals surface area contributed by atoms with Crippen LogP contribution >= 0.6 is 0 Å². The normalized spacial score (nSPS) is 13.5. The Hall–Kier alpha value is -4.51. The number of carbonyl (C=O) groups excluding carboxylic acids is 1. The van der Waals surface area contributed by atoms with Gasteiger partial charge in [-0.3, -0.25) is 0 Å². The minimum atomic E-state index is 0.898. The van der Waals surface area contributed by atoms with Gasteiger partial charge < -0.3 is 14.6 Å². The van der Waals surface area contributed by atoms with E-state index < -0.39 is 0 Å². The van der Waals surface area contributed by atoms with Crippen molar-refractivity contribution in [3.8, 4) is 0 Å². The number of aliphatic imine (C=N–C) groups is 2. The molecule has 0 amide bonds. The number of rotatable bonds is 2. The molecule has 0 radical (unpaired) electrons. The van der Waals surface area contributed by atoms with Crippen molar-refractivity contribution in [1.29, 1.82) is 0 Å². The van der Waals surface area contributed by atoms with Gasteiger partial charge in [0.05, 0.1) is 24.5 Å². The molecule has 0 atom stereocenters. The first-order valence-corrected chi connectivity index (χ1v) is 11.9. The highest BCUT2D eigenvalue weighted by atomic mass is 16.1. The van der Waals surface area contributed by atoms with Gasteiger partial charge in [-0.2, -0.15) is 0 Å². The molecule has 4 aromatic carbocycles. The zero-order valence-corrected chi connectivity index (χ0v) is 20.7. The first-order chi connectivity index (χ1) is 17.7. The van der Waals surface area contributed by atoms with E-state index in [1.807, 2.05) is 31.1 Å². The third-order valence-electron chi connectivity index (χ3n) is 6.12. The molecule has 4 aromatic rings. The predicted molar refractivity (Wildman–Crippen MR) is 151 cm³/mol. The van der Waals surface area contributed by atoms with Crippen LogP contribution in [-0.4, -0.2) is 18.5 Å². The van der Waals surface area contributed by atoms with Crippen LogP contribution in [0.3, 0.4) is 0 Å². The molecule has 0 aliphatic carbocycles. The maximum atomic E-state index is 8.00. The summed E-state index contributed by atoms with van der Waals surface area (Å²) >= 11 is 0. The fraction of sp³-hybridized carbons (Fsp3) is 0.129. The van der Waals surface area contributed by atoms with Crippen LogP contribution < -0.4 is 9.80 Å². The summed E-state index contributed by atoms with van der Waals surface area (Å²) in [5.74, 6) is 2.10. The molecule has 2 heterocycles. The summed E-state index contributed by atoms with van der Waals surface area (Å²) in [7, 11) is 0. The number of nitrogens with zero attached hydrogens (tertiary/aromatic N) is 4. The Balaban J connectivity index is 0.000000158. The summed E-state index contributed by atoms with van der Waals surface area (Å²) in [4.78, 5) is 21.8. The number of hydrogen-bond acceptors (Lipinski definition) is 5. The van der Waals surface area contributed by atoms with E-state index in [9.17, 15) is 0 Å². The number of fused-ring (bicyclic) bond motifs is 2. The van der Waals surface area contributed by atoms with Crippen LogP contribution in [0, 0.1) is 0 Å². The molecular formula is C31H30N4O. The van der Waals surface area contributed by atoms with Crippen LogP contribution in [0.1, 0.15) is 25.0 Å². The standard InChI is InChI=1S/2C15H14N2.CH2O/c2*1-12-16-15-10-6-5-7-13(15)11-17(12)14-8-3-2-4-9-14;1-2/h2*2-10H,11H2,1H3;1H2. The van der Waals surface area contributed by atoms with E-state index in [2.05, 4.69) is 119 Å². The maximum absolute atomic E-state index is 8.00. The molecule has 2 aliphatic heterocycles. The first-order valence-electron chi connectivity index (χ1n) is 11.9. The Labute approximate surface area is 213 Å². The van der Waals surface area contributed by atoms with Gasteiger partial charge in [-0.05, 0) is 61.4 Å². The summed E-state index contributed by atoms with van der Waals surface area (Å²) in [5, 5.41) is 0. The second-order valence-electron chi connectivity index (χ2n) is 8.42. The van der Waals surface area contributed by atoms with Crippen LogP contribution in [0.15, 0.2) is 119 Å². The van der Waals surface area contributed by atoms with Gasteiger partial charge >= 0.3 is 0 Å². The molecule has 0 aromatic heterocycles. The lowest BCUT2D eigenvalue weighted by Gasteiger charge is -2.28. The van der Waals surface area contributed by atoms with Crippen molar-refractivity contribution in [3.05, 3.63) is 120 Å². The zero-order chi connectivity index (χ0) is 25.3. The number of benzene rings is 4. The Morgan fingerprint density at radius 2 is 0.861 bits per heavy atom. The molecule has 0 bridgehead atoms. The third-order valence-corrected chi connectivity index (χ3v) is 6.12. The smallest absolute Gasteiger partial charge is 0.106 e. The molecule has 0 unspecified atom stereocenters. The average molecular weight is 475 g/mol. The third kappa shape index (κ3) is 5.58. The van der Waals surface area contributed by atoms with E-state index in [1.165, 1.54) is 22.5 Å². The Kier molecular flexibility index (Phi) is 8.04. The topological polar surface area (TPSA) is 48.3 Å². The first kappa shape index (κ1) is 24.6. The number of para-hydroxylation sites is 4. The number of carbonyl (C=O) groups is 1. The van der Waals surface area contributed by atoms with Gasteiger partial charge in [0.15, 0.2) is 0 Å². The van der Waals surface area contributed by atoms with Crippen LogP contribution in [0.2, 0.25) is 0 Å². The SMILES string of the molecule is C=O.CC1=Nc2ccccc2CN1c1ccccc1.CC1=Nc2ccccc2CN1c1ccccc1. The van der Waals surface area contributed by atoms with Gasteiger partial charge in [0.25, 0.3) is 0 Å². The zero-order valence-electron chi connectivity index (χ0n) is 20.7. The molecule has 0 spiro atoms. The maximum Gasteiger partial charge on any atom is 0.106 e. The summed E-state index contributed by atoms with van der Waals surface area (Å²) in [6.45, 7) is 7.91. The second kappa shape index (κ2) is 11.8. The molecule has 2 aliphatic rings. The van der Waals surface area contributed by atoms with Crippen molar-refractivity contribution >= 4 is 41.2 Å². The number of anilines is 2. The van der Waals surface area contributed by atoms with E-state index >= 15 is 0 Å². The van der Waals surface area contributed by atoms with Crippen molar-refractivity contribution in [2.45, 2.75) is 26.9 Å². The summed E-state index contributed by atoms with van der Waals surface area (Å²) in [5.41, 5.74) is 7.14. The molecule has 36 heavy (non-hydrogen) atoms. The van der Waals surface area contributed by atoms with Gasteiger partial charge in [0.2, 0.25) is 0 Å². The molecule has 5 nitrogen and oxygen atoms in total. The van der Waals surface area contributed by atoms with Crippen molar-refractivity contribution in [2.24, 2.45) is 9.98 Å². The summed E-state index contributed by atoms with van der Waals surface area (Å²) in [6, 6.07) is 37.4. The Bertz CT molecular complexity index is 1240. The van der Waals surface area contributed by atoms with Gasteiger partial charge in [-0.15, -0.1) is 0 Å². The molecule has 0 saturated heterocycles. The summed E-state index contributed by atoms with van der Waals surface area (Å²) < 4.78 is 0. The van der Waals surface area contributed by atoms with Gasteiger partial charge in [-0.1, -0.05) is 72.8 Å². The Morgan fingerprint density at radius 1 is 0.528 bits per heavy atom. The second-order valence-corrected chi connectivity index (χ2v) is 8.42. The van der Waals surface area contributed by atoms with Crippen molar-refractivity contribution in [2.75, 3.05) is 9.80 Å². The minimum absolute atomic E-state index is 0.898. The Morgan fingerprint density at radius 3 is 1.25 bits per heavy atom. The number of amidine groups is 2. The lowest BCUT2D eigenvalue weighted by Crippen LogP contribution is -2.30. The van der Waals surface area contributed by atoms with E-state index in [0.29, 0.717) is 0 Å². The molecule has 5 heteroatoms. The van der Waals surface area contributed by atoms with E-state index in [-0.39, 0.29) is 0 Å². The molecule has 6 rings (SSSR count).